The van der Waals surface area contributed by atoms with Gasteiger partial charge in [0.15, 0.2) is 0 Å². The van der Waals surface area contributed by atoms with Crippen molar-refractivity contribution in [3.63, 3.8) is 0 Å². The van der Waals surface area contributed by atoms with Gasteiger partial charge in [-0.3, -0.25) is 0 Å². The monoisotopic (exact) mass is 412 g/mol. The van der Waals surface area contributed by atoms with Crippen LogP contribution in [-0.2, 0) is 4.74 Å². The average Bonchev–Trinajstić information content (AvgIpc) is 2.55. The minimum atomic E-state index is -4.74. The Hall–Kier alpha value is -0.320. The second-order valence-electron chi connectivity index (χ2n) is 9.61. The molecule has 0 fully saturated rings. The normalized spacial score (nSPS) is 15.0. The van der Waals surface area contributed by atoms with Crippen LogP contribution in [0.5, 0.6) is 0 Å². The van der Waals surface area contributed by atoms with E-state index in [0.29, 0.717) is 25.2 Å². The molecule has 0 aliphatic heterocycles. The molecular weight excluding hydrogens is 368 g/mol. The van der Waals surface area contributed by atoms with Crippen LogP contribution in [0.4, 0.5) is 17.6 Å². The molecule has 0 heterocycles. The molecule has 5 heteroatoms. The molecular formula is C23H44F4O. The van der Waals surface area contributed by atoms with Gasteiger partial charge in [-0.15, -0.1) is 0 Å². The van der Waals surface area contributed by atoms with E-state index in [1.54, 1.807) is 0 Å². The molecule has 28 heavy (non-hydrogen) atoms. The number of alkyl halides is 4. The first-order valence-corrected chi connectivity index (χ1v) is 11.3. The molecule has 0 aliphatic carbocycles. The van der Waals surface area contributed by atoms with Crippen LogP contribution in [0.15, 0.2) is 0 Å². The fourth-order valence-electron chi connectivity index (χ4n) is 3.05. The van der Waals surface area contributed by atoms with Gasteiger partial charge in [-0.05, 0) is 38.0 Å². The Kier molecular flexibility index (Phi) is 14.5. The van der Waals surface area contributed by atoms with Crippen molar-refractivity contribution in [3.8, 4) is 0 Å². The van der Waals surface area contributed by atoms with Crippen molar-refractivity contribution >= 4 is 0 Å². The standard InChI is InChI=1S/C23H44F4O/c1-21(2,3)18-20-28-19-16-14-12-10-8-6-5-7-9-11-13-15-17-22(4,24)23(25,26)27/h5-20H2,1-4H3. The van der Waals surface area contributed by atoms with E-state index in [-0.39, 0.29) is 0 Å². The maximum Gasteiger partial charge on any atom is 0.422 e. The van der Waals surface area contributed by atoms with E-state index in [1.807, 2.05) is 0 Å². The molecule has 0 rings (SSSR count). The van der Waals surface area contributed by atoms with E-state index in [2.05, 4.69) is 20.8 Å². The highest BCUT2D eigenvalue weighted by Gasteiger charge is 2.51. The first-order valence-electron chi connectivity index (χ1n) is 11.3. The molecule has 0 saturated carbocycles. The summed E-state index contributed by atoms with van der Waals surface area (Å²) in [6, 6.07) is 0. The van der Waals surface area contributed by atoms with Crippen molar-refractivity contribution in [2.75, 3.05) is 13.2 Å². The van der Waals surface area contributed by atoms with Crippen LogP contribution in [0.3, 0.4) is 0 Å². The number of ether oxygens (including phenoxy) is 1. The summed E-state index contributed by atoms with van der Waals surface area (Å²) in [5, 5.41) is 0. The van der Waals surface area contributed by atoms with E-state index in [0.717, 1.165) is 45.3 Å². The van der Waals surface area contributed by atoms with Crippen LogP contribution in [0.2, 0.25) is 0 Å². The summed E-state index contributed by atoms with van der Waals surface area (Å²) in [6.07, 6.45) is 8.64. The van der Waals surface area contributed by atoms with Crippen molar-refractivity contribution in [2.24, 2.45) is 5.41 Å². The molecule has 0 amide bonds. The molecule has 1 unspecified atom stereocenters. The van der Waals surface area contributed by atoms with Gasteiger partial charge in [0.2, 0.25) is 5.67 Å². The molecule has 0 bridgehead atoms. The number of rotatable bonds is 17. The largest absolute Gasteiger partial charge is 0.422 e. The van der Waals surface area contributed by atoms with Crippen molar-refractivity contribution in [3.05, 3.63) is 0 Å². The third kappa shape index (κ3) is 16.6. The summed E-state index contributed by atoms with van der Waals surface area (Å²) >= 11 is 0. The summed E-state index contributed by atoms with van der Waals surface area (Å²) in [4.78, 5) is 0. The predicted molar refractivity (Wildman–Crippen MR) is 110 cm³/mol. The minimum absolute atomic E-state index is 0.312. The summed E-state index contributed by atoms with van der Waals surface area (Å²) in [5.41, 5.74) is -2.69. The molecule has 0 aromatic heterocycles. The van der Waals surface area contributed by atoms with Crippen molar-refractivity contribution in [1.29, 1.82) is 0 Å². The lowest BCUT2D eigenvalue weighted by molar-refractivity contribution is -0.226. The quantitative estimate of drug-likeness (QED) is 0.171. The van der Waals surface area contributed by atoms with E-state index < -0.39 is 18.3 Å². The van der Waals surface area contributed by atoms with Gasteiger partial charge < -0.3 is 4.74 Å². The molecule has 170 valence electrons. The van der Waals surface area contributed by atoms with Gasteiger partial charge in [-0.1, -0.05) is 85.0 Å². The Labute approximate surface area is 171 Å². The topological polar surface area (TPSA) is 9.23 Å². The Bertz CT molecular complexity index is 359. The summed E-state index contributed by atoms with van der Waals surface area (Å²) in [6.45, 7) is 9.08. The summed E-state index contributed by atoms with van der Waals surface area (Å²) in [5.74, 6) is 0. The van der Waals surface area contributed by atoms with Crippen molar-refractivity contribution in [2.45, 2.75) is 129 Å². The zero-order valence-electron chi connectivity index (χ0n) is 18.7. The van der Waals surface area contributed by atoms with E-state index in [9.17, 15) is 17.6 Å². The zero-order valence-corrected chi connectivity index (χ0v) is 18.7. The molecule has 0 spiro atoms. The second kappa shape index (κ2) is 14.6. The van der Waals surface area contributed by atoms with Gasteiger partial charge in [0.1, 0.15) is 0 Å². The van der Waals surface area contributed by atoms with Crippen LogP contribution in [0.25, 0.3) is 0 Å². The van der Waals surface area contributed by atoms with Crippen molar-refractivity contribution in [1.82, 2.24) is 0 Å². The zero-order chi connectivity index (χ0) is 21.5. The van der Waals surface area contributed by atoms with Gasteiger partial charge in [0.05, 0.1) is 0 Å². The summed E-state index contributed by atoms with van der Waals surface area (Å²) in [7, 11) is 0. The fraction of sp³-hybridized carbons (Fsp3) is 1.00. The lowest BCUT2D eigenvalue weighted by atomic mass is 9.93. The SMILES string of the molecule is CC(C)(C)CCOCCCCCCCCCCCCCCC(C)(F)C(F)(F)F. The number of hydrogen-bond acceptors (Lipinski definition) is 1. The van der Waals surface area contributed by atoms with Crippen LogP contribution >= 0.6 is 0 Å². The molecule has 0 aromatic carbocycles. The minimum Gasteiger partial charge on any atom is -0.381 e. The van der Waals surface area contributed by atoms with Gasteiger partial charge >= 0.3 is 6.18 Å². The highest BCUT2D eigenvalue weighted by atomic mass is 19.4. The van der Waals surface area contributed by atoms with Gasteiger partial charge in [-0.25, -0.2) is 4.39 Å². The lowest BCUT2D eigenvalue weighted by Crippen LogP contribution is -2.37. The highest BCUT2D eigenvalue weighted by molar-refractivity contribution is 4.81. The molecule has 0 aromatic rings. The molecule has 0 aliphatic rings. The van der Waals surface area contributed by atoms with Gasteiger partial charge in [-0.2, -0.15) is 13.2 Å². The Morgan fingerprint density at radius 2 is 0.893 bits per heavy atom. The van der Waals surface area contributed by atoms with Crippen LogP contribution in [0.1, 0.15) is 118 Å². The molecule has 0 radical (unpaired) electrons. The van der Waals surface area contributed by atoms with Crippen molar-refractivity contribution < 1.29 is 22.3 Å². The lowest BCUT2D eigenvalue weighted by Gasteiger charge is -2.23. The van der Waals surface area contributed by atoms with E-state index >= 15 is 0 Å². The third-order valence-corrected chi connectivity index (χ3v) is 5.27. The second-order valence-corrected chi connectivity index (χ2v) is 9.61. The van der Waals surface area contributed by atoms with E-state index in [1.165, 1.54) is 38.5 Å². The Morgan fingerprint density at radius 1 is 0.500 bits per heavy atom. The van der Waals surface area contributed by atoms with Crippen LogP contribution in [0, 0.1) is 5.41 Å². The predicted octanol–water partition coefficient (Wildman–Crippen LogP) is 8.80. The Balaban J connectivity index is 3.24. The smallest absolute Gasteiger partial charge is 0.381 e. The first kappa shape index (κ1) is 27.7. The third-order valence-electron chi connectivity index (χ3n) is 5.27. The average molecular weight is 413 g/mol. The summed E-state index contributed by atoms with van der Waals surface area (Å²) < 4.78 is 56.2. The number of halogens is 4. The fourth-order valence-corrected chi connectivity index (χ4v) is 3.05. The number of unbranched alkanes of at least 4 members (excludes halogenated alkanes) is 11. The highest BCUT2D eigenvalue weighted by Crippen LogP contribution is 2.37. The maximum atomic E-state index is 13.4. The maximum absolute atomic E-state index is 13.4. The molecule has 0 saturated heterocycles. The van der Waals surface area contributed by atoms with Gasteiger partial charge in [0, 0.05) is 13.2 Å². The molecule has 1 atom stereocenters. The van der Waals surface area contributed by atoms with Crippen LogP contribution < -0.4 is 0 Å². The van der Waals surface area contributed by atoms with Crippen LogP contribution in [-0.4, -0.2) is 25.1 Å². The first-order chi connectivity index (χ1) is 13.0. The Morgan fingerprint density at radius 3 is 1.29 bits per heavy atom. The molecule has 0 N–H and O–H groups in total. The molecule has 1 nitrogen and oxygen atoms in total. The number of hydrogen-bond donors (Lipinski definition) is 0. The van der Waals surface area contributed by atoms with E-state index in [4.69, 9.17) is 4.74 Å². The van der Waals surface area contributed by atoms with Gasteiger partial charge in [0.25, 0.3) is 0 Å².